The summed E-state index contributed by atoms with van der Waals surface area (Å²) in [5, 5.41) is 0. The molecule has 0 aliphatic rings. The van der Waals surface area contributed by atoms with Crippen molar-refractivity contribution in [2.75, 3.05) is 13.2 Å². The first kappa shape index (κ1) is 61.3. The minimum Gasteiger partial charge on any atom is -0.462 e. The third kappa shape index (κ3) is 51.2. The fourth-order valence-corrected chi connectivity index (χ4v) is 7.02. The number of carbonyl (C=O) groups excluding carboxylic acids is 3. The summed E-state index contributed by atoms with van der Waals surface area (Å²) in [6.07, 6.45) is 69.6. The summed E-state index contributed by atoms with van der Waals surface area (Å²) in [4.78, 5) is 38.0. The van der Waals surface area contributed by atoms with Crippen molar-refractivity contribution in [1.82, 2.24) is 0 Å². The first-order valence-electron chi connectivity index (χ1n) is 26.7. The Morgan fingerprint density at radius 3 is 1.02 bits per heavy atom. The minimum atomic E-state index is -0.803. The van der Waals surface area contributed by atoms with E-state index in [0.29, 0.717) is 19.3 Å². The van der Waals surface area contributed by atoms with Gasteiger partial charge in [-0.1, -0.05) is 195 Å². The zero-order valence-corrected chi connectivity index (χ0v) is 42.2. The Bertz CT molecular complexity index is 1310. The van der Waals surface area contributed by atoms with Crippen LogP contribution in [0.1, 0.15) is 239 Å². The maximum Gasteiger partial charge on any atom is 0.306 e. The van der Waals surface area contributed by atoms with E-state index in [2.05, 4.69) is 118 Å². The van der Waals surface area contributed by atoms with Crippen LogP contribution in [0, 0.1) is 0 Å². The summed E-state index contributed by atoms with van der Waals surface area (Å²) in [7, 11) is 0. The van der Waals surface area contributed by atoms with Gasteiger partial charge in [0.1, 0.15) is 13.2 Å². The molecule has 0 N–H and O–H groups in total. The van der Waals surface area contributed by atoms with Crippen molar-refractivity contribution in [2.45, 2.75) is 245 Å². The average molecular weight is 903 g/mol. The van der Waals surface area contributed by atoms with Gasteiger partial charge in [-0.3, -0.25) is 14.4 Å². The molecule has 0 heterocycles. The molecule has 0 bridgehead atoms. The van der Waals surface area contributed by atoms with Crippen LogP contribution in [0.2, 0.25) is 0 Å². The molecule has 0 aromatic rings. The molecule has 0 aliphatic carbocycles. The molecular formula is C59H98O6. The third-order valence-corrected chi connectivity index (χ3v) is 11.0. The summed E-state index contributed by atoms with van der Waals surface area (Å²) in [6.45, 7) is 6.43. The van der Waals surface area contributed by atoms with Gasteiger partial charge in [0, 0.05) is 19.3 Å². The van der Waals surface area contributed by atoms with Crippen LogP contribution in [0.15, 0.2) is 97.2 Å². The molecule has 0 amide bonds. The molecule has 65 heavy (non-hydrogen) atoms. The molecule has 1 unspecified atom stereocenters. The lowest BCUT2D eigenvalue weighted by Crippen LogP contribution is -2.30. The van der Waals surface area contributed by atoms with Crippen molar-refractivity contribution >= 4 is 17.9 Å². The topological polar surface area (TPSA) is 78.9 Å². The van der Waals surface area contributed by atoms with Gasteiger partial charge in [-0.15, -0.1) is 0 Å². The smallest absolute Gasteiger partial charge is 0.306 e. The van der Waals surface area contributed by atoms with E-state index in [9.17, 15) is 14.4 Å². The number of hydrogen-bond acceptors (Lipinski definition) is 6. The van der Waals surface area contributed by atoms with E-state index < -0.39 is 6.10 Å². The van der Waals surface area contributed by atoms with Crippen molar-refractivity contribution in [3.05, 3.63) is 97.2 Å². The number of rotatable bonds is 47. The molecule has 0 spiro atoms. The van der Waals surface area contributed by atoms with Gasteiger partial charge in [0.15, 0.2) is 6.10 Å². The molecule has 6 nitrogen and oxygen atoms in total. The zero-order chi connectivity index (χ0) is 47.2. The predicted octanol–water partition coefficient (Wildman–Crippen LogP) is 17.8. The number of esters is 3. The van der Waals surface area contributed by atoms with Crippen molar-refractivity contribution < 1.29 is 28.6 Å². The molecule has 0 saturated carbocycles. The van der Waals surface area contributed by atoms with Crippen molar-refractivity contribution in [3.8, 4) is 0 Å². The largest absolute Gasteiger partial charge is 0.462 e. The molecule has 0 radical (unpaired) electrons. The van der Waals surface area contributed by atoms with Crippen LogP contribution in [0.4, 0.5) is 0 Å². The van der Waals surface area contributed by atoms with Gasteiger partial charge in [-0.25, -0.2) is 0 Å². The highest BCUT2D eigenvalue weighted by atomic mass is 16.6. The fraction of sp³-hybridized carbons (Fsp3) is 0.678. The molecule has 0 aromatic carbocycles. The van der Waals surface area contributed by atoms with Crippen LogP contribution in [0.25, 0.3) is 0 Å². The summed E-state index contributed by atoms with van der Waals surface area (Å²) in [6, 6.07) is 0. The number of carbonyl (C=O) groups is 3. The van der Waals surface area contributed by atoms with E-state index in [4.69, 9.17) is 14.2 Å². The van der Waals surface area contributed by atoms with Crippen LogP contribution < -0.4 is 0 Å². The van der Waals surface area contributed by atoms with Gasteiger partial charge in [-0.05, 0) is 122 Å². The second-order valence-corrected chi connectivity index (χ2v) is 17.4. The Morgan fingerprint density at radius 2 is 0.600 bits per heavy atom. The van der Waals surface area contributed by atoms with Crippen LogP contribution in [-0.4, -0.2) is 37.2 Å². The van der Waals surface area contributed by atoms with Crippen molar-refractivity contribution in [2.24, 2.45) is 0 Å². The van der Waals surface area contributed by atoms with Gasteiger partial charge in [-0.2, -0.15) is 0 Å². The zero-order valence-electron chi connectivity index (χ0n) is 42.2. The van der Waals surface area contributed by atoms with Crippen LogP contribution in [0.5, 0.6) is 0 Å². The second-order valence-electron chi connectivity index (χ2n) is 17.4. The Balaban J connectivity index is 4.47. The predicted molar refractivity (Wildman–Crippen MR) is 279 cm³/mol. The van der Waals surface area contributed by atoms with Crippen molar-refractivity contribution in [3.63, 3.8) is 0 Å². The first-order valence-corrected chi connectivity index (χ1v) is 26.7. The molecule has 370 valence electrons. The Hall–Kier alpha value is -3.67. The van der Waals surface area contributed by atoms with Gasteiger partial charge in [0.25, 0.3) is 0 Å². The SMILES string of the molecule is CC/C=C\C/C=C\C/C=C\C/C=C\C/C=C\C/C=C\CCCCC(=O)OCC(COC(=O)CCCCCCC/C=C\CCCCC)OC(=O)CCCCCCC/C=C\CCCCCCC. The molecule has 0 saturated heterocycles. The maximum atomic E-state index is 12.8. The monoisotopic (exact) mass is 903 g/mol. The average Bonchev–Trinajstić information content (AvgIpc) is 3.30. The summed E-state index contributed by atoms with van der Waals surface area (Å²) >= 11 is 0. The molecule has 6 heteroatoms. The lowest BCUT2D eigenvalue weighted by Gasteiger charge is -2.18. The van der Waals surface area contributed by atoms with E-state index in [1.165, 1.54) is 77.0 Å². The molecule has 0 aromatic heterocycles. The number of unbranched alkanes of at least 4 members (excludes halogenated alkanes) is 20. The number of allylic oxidation sites excluding steroid dienone is 16. The van der Waals surface area contributed by atoms with E-state index in [1.54, 1.807) is 0 Å². The summed E-state index contributed by atoms with van der Waals surface area (Å²) in [5.74, 6) is -0.964. The van der Waals surface area contributed by atoms with E-state index in [-0.39, 0.29) is 31.1 Å². The van der Waals surface area contributed by atoms with Crippen LogP contribution >= 0.6 is 0 Å². The number of hydrogen-bond donors (Lipinski definition) is 0. The molecule has 0 fully saturated rings. The van der Waals surface area contributed by atoms with Crippen LogP contribution in [0.3, 0.4) is 0 Å². The number of ether oxygens (including phenoxy) is 3. The highest BCUT2D eigenvalue weighted by Crippen LogP contribution is 2.13. The Kier molecular flexibility index (Phi) is 50.0. The molecular weight excluding hydrogens is 805 g/mol. The maximum absolute atomic E-state index is 12.8. The standard InChI is InChI=1S/C59H98O6/c1-4-7-10-13-16-19-22-25-27-28-29-30-31-32-33-35-37-40-43-46-49-52-58(61)64-55-56(54-63-57(60)51-48-45-42-39-36-24-21-18-15-12-9-6-3)65-59(62)53-50-47-44-41-38-34-26-23-20-17-14-11-8-5-2/h7,10,16,18-19,21,23,25-27,29-30,32-33,37,40,56H,4-6,8-9,11-15,17,20,22,24,28,31,34-36,38-39,41-55H2,1-3H3/b10-7-,19-16-,21-18-,26-23-,27-25-,30-29-,33-32-,40-37-. The van der Waals surface area contributed by atoms with E-state index >= 15 is 0 Å². The van der Waals surface area contributed by atoms with Gasteiger partial charge in [0.2, 0.25) is 0 Å². The quantitative estimate of drug-likeness (QED) is 0.0262. The van der Waals surface area contributed by atoms with Crippen molar-refractivity contribution in [1.29, 1.82) is 0 Å². The van der Waals surface area contributed by atoms with E-state index in [0.717, 1.165) is 122 Å². The van der Waals surface area contributed by atoms with Gasteiger partial charge < -0.3 is 14.2 Å². The minimum absolute atomic E-state index is 0.0998. The molecule has 1 atom stereocenters. The summed E-state index contributed by atoms with van der Waals surface area (Å²) < 4.78 is 16.8. The second kappa shape index (κ2) is 52.9. The molecule has 0 aliphatic heterocycles. The highest BCUT2D eigenvalue weighted by molar-refractivity contribution is 5.71. The molecule has 0 rings (SSSR count). The van der Waals surface area contributed by atoms with E-state index in [1.807, 2.05) is 0 Å². The van der Waals surface area contributed by atoms with Gasteiger partial charge in [0.05, 0.1) is 0 Å². The lowest BCUT2D eigenvalue weighted by atomic mass is 10.1. The third-order valence-electron chi connectivity index (χ3n) is 11.0. The Labute approximate surface area is 400 Å². The fourth-order valence-electron chi connectivity index (χ4n) is 7.02. The summed E-state index contributed by atoms with van der Waals surface area (Å²) in [5.41, 5.74) is 0. The normalized spacial score (nSPS) is 12.8. The van der Waals surface area contributed by atoms with Crippen LogP contribution in [-0.2, 0) is 28.6 Å². The lowest BCUT2D eigenvalue weighted by molar-refractivity contribution is -0.167. The first-order chi connectivity index (χ1) is 32.0. The van der Waals surface area contributed by atoms with Gasteiger partial charge >= 0.3 is 17.9 Å². The Morgan fingerprint density at radius 1 is 0.323 bits per heavy atom. The highest BCUT2D eigenvalue weighted by Gasteiger charge is 2.19.